The van der Waals surface area contributed by atoms with Gasteiger partial charge in [-0.3, -0.25) is 0 Å². The molecule has 0 aliphatic carbocycles. The lowest BCUT2D eigenvalue weighted by atomic mass is 10.1. The lowest BCUT2D eigenvalue weighted by Gasteiger charge is -1.98. The topological polar surface area (TPSA) is 58.7 Å². The Bertz CT molecular complexity index is 126. The molecule has 1 N–H and O–H groups in total. The number of nitrogens with zero attached hydrogens (tertiary/aromatic N) is 2. The minimum Gasteiger partial charge on any atom is -0.597 e. The summed E-state index contributed by atoms with van der Waals surface area (Å²) in [6.07, 6.45) is 6.79. The second-order valence-corrected chi connectivity index (χ2v) is 2.93. The van der Waals surface area contributed by atoms with Crippen LogP contribution in [0.1, 0.15) is 45.4 Å². The van der Waals surface area contributed by atoms with Crippen molar-refractivity contribution in [3.8, 4) is 0 Å². The summed E-state index contributed by atoms with van der Waals surface area (Å²) in [6, 6.07) is 0. The van der Waals surface area contributed by atoms with Crippen LogP contribution < -0.4 is 0 Å². The molecule has 0 bridgehead atoms. The first-order valence-corrected chi connectivity index (χ1v) is 4.61. The van der Waals surface area contributed by atoms with Gasteiger partial charge in [0, 0.05) is 6.42 Å². The third-order valence-electron chi connectivity index (χ3n) is 1.80. The fourth-order valence-electron chi connectivity index (χ4n) is 1.07. The number of unbranched alkanes of at least 4 members (excludes halogenated alkanes) is 5. The van der Waals surface area contributed by atoms with Gasteiger partial charge in [-0.2, -0.15) is 0 Å². The molecule has 0 unspecified atom stereocenters. The van der Waals surface area contributed by atoms with E-state index >= 15 is 0 Å². The average Bonchev–Trinajstić information content (AvgIpc) is 2.10. The Hall–Kier alpha value is -0.800. The third-order valence-corrected chi connectivity index (χ3v) is 1.80. The normalized spacial score (nSPS) is 11.9. The molecule has 0 saturated carbocycles. The summed E-state index contributed by atoms with van der Waals surface area (Å²) in [7, 11) is 0. The molecule has 0 saturated heterocycles. The lowest BCUT2D eigenvalue weighted by molar-refractivity contribution is -0.556. The van der Waals surface area contributed by atoms with Gasteiger partial charge in [-0.05, 0) is 6.42 Å². The largest absolute Gasteiger partial charge is 0.597 e. The maximum atomic E-state index is 10.4. The van der Waals surface area contributed by atoms with Gasteiger partial charge in [0.1, 0.15) is 0 Å². The van der Waals surface area contributed by atoms with Gasteiger partial charge >= 0.3 is 0 Å². The van der Waals surface area contributed by atoms with E-state index in [2.05, 4.69) is 12.2 Å². The predicted octanol–water partition coefficient (Wildman–Crippen LogP) is 2.70. The van der Waals surface area contributed by atoms with Crippen LogP contribution in [0.3, 0.4) is 0 Å². The van der Waals surface area contributed by atoms with Gasteiger partial charge in [0.25, 0.3) is 0 Å². The van der Waals surface area contributed by atoms with E-state index < -0.39 is 0 Å². The van der Waals surface area contributed by atoms with Gasteiger partial charge in [0.2, 0.25) is 0 Å². The molecule has 0 aliphatic rings. The Morgan fingerprint density at radius 3 is 2.33 bits per heavy atom. The molecule has 4 nitrogen and oxygen atoms in total. The summed E-state index contributed by atoms with van der Waals surface area (Å²) in [6.45, 7) is 2.48. The van der Waals surface area contributed by atoms with E-state index in [4.69, 9.17) is 5.21 Å². The van der Waals surface area contributed by atoms with Crippen molar-refractivity contribution in [2.45, 2.75) is 45.4 Å². The highest BCUT2D eigenvalue weighted by Gasteiger charge is 1.95. The van der Waals surface area contributed by atoms with Crippen LogP contribution in [-0.4, -0.2) is 16.6 Å². The molecule has 0 aromatic heterocycles. The molecule has 12 heavy (non-hydrogen) atoms. The molecular weight excluding hydrogens is 156 g/mol. The molecule has 0 heterocycles. The zero-order valence-corrected chi connectivity index (χ0v) is 7.70. The van der Waals surface area contributed by atoms with E-state index in [0.29, 0.717) is 11.4 Å². The maximum absolute atomic E-state index is 10.4. The van der Waals surface area contributed by atoms with Crippen molar-refractivity contribution < 1.29 is 10.1 Å². The molecule has 0 radical (unpaired) electrons. The quantitative estimate of drug-likeness (QED) is 0.279. The van der Waals surface area contributed by atoms with Crippen LogP contribution in [-0.2, 0) is 0 Å². The highest BCUT2D eigenvalue weighted by atomic mass is 16.6. The van der Waals surface area contributed by atoms with Gasteiger partial charge in [0.05, 0.1) is 0 Å². The van der Waals surface area contributed by atoms with Crippen LogP contribution in [0, 0.1) is 5.21 Å². The Labute approximate surface area is 73.4 Å². The summed E-state index contributed by atoms with van der Waals surface area (Å²) < 4.78 is 0. The first kappa shape index (κ1) is 11.2. The average molecular weight is 174 g/mol. The fraction of sp³-hybridized carbons (Fsp3) is 1.00. The molecule has 0 aliphatic heterocycles. The summed E-state index contributed by atoms with van der Waals surface area (Å²) in [5.41, 5.74) is 0. The van der Waals surface area contributed by atoms with Gasteiger partial charge < -0.3 is 10.4 Å². The maximum Gasteiger partial charge on any atom is 0.197 e. The molecule has 0 aromatic carbocycles. The van der Waals surface area contributed by atoms with Crippen molar-refractivity contribution in [2.24, 2.45) is 5.28 Å². The van der Waals surface area contributed by atoms with Gasteiger partial charge in [0.15, 0.2) is 11.8 Å². The van der Waals surface area contributed by atoms with Gasteiger partial charge in [-0.1, -0.05) is 37.5 Å². The van der Waals surface area contributed by atoms with Crippen LogP contribution in [0.15, 0.2) is 5.28 Å². The Morgan fingerprint density at radius 2 is 1.75 bits per heavy atom. The smallest absolute Gasteiger partial charge is 0.197 e. The van der Waals surface area contributed by atoms with Gasteiger partial charge in [-0.25, -0.2) is 0 Å². The van der Waals surface area contributed by atoms with Crippen LogP contribution in [0.25, 0.3) is 0 Å². The molecule has 72 valence electrons. The van der Waals surface area contributed by atoms with Crippen LogP contribution >= 0.6 is 0 Å². The van der Waals surface area contributed by atoms with Crippen molar-refractivity contribution >= 4 is 0 Å². The molecule has 4 heteroatoms. The summed E-state index contributed by atoms with van der Waals surface area (Å²) >= 11 is 0. The minimum absolute atomic E-state index is 0.308. The summed E-state index contributed by atoms with van der Waals surface area (Å²) in [5, 5.41) is 20.9. The molecule has 0 rings (SSSR count). The Balaban J connectivity index is 3.00. The molecular formula is C8H18N2O2. The second-order valence-electron chi connectivity index (χ2n) is 2.93. The zero-order chi connectivity index (χ0) is 9.23. The molecule has 0 aromatic rings. The molecule has 0 atom stereocenters. The monoisotopic (exact) mass is 174 g/mol. The van der Waals surface area contributed by atoms with E-state index in [1.54, 1.807) is 0 Å². The zero-order valence-electron chi connectivity index (χ0n) is 7.70. The van der Waals surface area contributed by atoms with E-state index in [9.17, 15) is 5.21 Å². The molecule has 0 fully saturated rings. The van der Waals surface area contributed by atoms with Gasteiger partial charge in [-0.15, -0.1) is 0 Å². The van der Waals surface area contributed by atoms with Crippen LogP contribution in [0.4, 0.5) is 0 Å². The number of hydrogen-bond acceptors (Lipinski definition) is 2. The number of rotatable bonds is 7. The van der Waals surface area contributed by atoms with Crippen molar-refractivity contribution in [3.63, 3.8) is 0 Å². The summed E-state index contributed by atoms with van der Waals surface area (Å²) in [5.74, 6) is 0. The number of hydrogen-bond donors (Lipinski definition) is 1. The van der Waals surface area contributed by atoms with Crippen LogP contribution in [0.2, 0.25) is 0 Å². The number of hydroxylamine groups is 1. The predicted molar refractivity (Wildman–Crippen MR) is 46.1 cm³/mol. The third kappa shape index (κ3) is 7.31. The van der Waals surface area contributed by atoms with E-state index in [1.807, 2.05) is 0 Å². The van der Waals surface area contributed by atoms with Crippen molar-refractivity contribution in [1.29, 1.82) is 0 Å². The first-order valence-electron chi connectivity index (χ1n) is 4.61. The Morgan fingerprint density at radius 1 is 1.17 bits per heavy atom. The van der Waals surface area contributed by atoms with Crippen molar-refractivity contribution in [2.75, 3.05) is 6.54 Å². The van der Waals surface area contributed by atoms with Crippen LogP contribution in [0.5, 0.6) is 0 Å². The second kappa shape index (κ2) is 8.30. The van der Waals surface area contributed by atoms with E-state index in [1.165, 1.54) is 25.7 Å². The minimum atomic E-state index is 0.308. The highest BCUT2D eigenvalue weighted by Crippen LogP contribution is 2.04. The summed E-state index contributed by atoms with van der Waals surface area (Å²) in [4.78, 5) is 0.319. The fourth-order valence-corrected chi connectivity index (χ4v) is 1.07. The lowest BCUT2D eigenvalue weighted by Crippen LogP contribution is -2.01. The SMILES string of the molecule is CCCCCCCC[N+]([O-])=NO. The molecule has 0 amide bonds. The first-order chi connectivity index (χ1) is 5.81. The van der Waals surface area contributed by atoms with Crippen molar-refractivity contribution in [3.05, 3.63) is 5.21 Å². The van der Waals surface area contributed by atoms with Crippen molar-refractivity contribution in [1.82, 2.24) is 0 Å². The van der Waals surface area contributed by atoms with E-state index in [0.717, 1.165) is 12.8 Å². The molecule has 0 spiro atoms. The van der Waals surface area contributed by atoms with E-state index in [-0.39, 0.29) is 0 Å². The highest BCUT2D eigenvalue weighted by molar-refractivity contribution is 4.42. The Kier molecular flexibility index (Phi) is 7.74. The standard InChI is InChI=1S/C8H18N2O2/c1-2-3-4-5-6-7-8-10(12)9-11/h11H,2-8H2,1H3.